The Kier molecular flexibility index (Phi) is 4.72. The van der Waals surface area contributed by atoms with E-state index in [0.717, 1.165) is 18.4 Å². The second-order valence-corrected chi connectivity index (χ2v) is 4.80. The van der Waals surface area contributed by atoms with Gasteiger partial charge in [0, 0.05) is 11.5 Å². The molecular weight excluding hydrogens is 196 g/mol. The average molecular weight is 218 g/mol. The summed E-state index contributed by atoms with van der Waals surface area (Å²) in [4.78, 5) is 12.3. The Morgan fingerprint density at radius 2 is 1.81 bits per heavy atom. The molecule has 0 saturated carbocycles. The van der Waals surface area contributed by atoms with Crippen LogP contribution in [-0.4, -0.2) is 5.78 Å². The molecule has 1 atom stereocenters. The molecule has 1 rings (SSSR count). The lowest BCUT2D eigenvalue weighted by Gasteiger charge is -2.15. The molecule has 88 valence electrons. The third-order valence-corrected chi connectivity index (χ3v) is 3.02. The van der Waals surface area contributed by atoms with E-state index < -0.39 is 0 Å². The van der Waals surface area contributed by atoms with E-state index in [9.17, 15) is 4.79 Å². The first kappa shape index (κ1) is 13.0. The van der Waals surface area contributed by atoms with Crippen molar-refractivity contribution >= 4 is 5.78 Å². The van der Waals surface area contributed by atoms with Gasteiger partial charge < -0.3 is 0 Å². The minimum absolute atomic E-state index is 0.143. The molecule has 0 heterocycles. The van der Waals surface area contributed by atoms with Gasteiger partial charge in [-0.1, -0.05) is 58.4 Å². The van der Waals surface area contributed by atoms with E-state index in [4.69, 9.17) is 0 Å². The van der Waals surface area contributed by atoms with E-state index >= 15 is 0 Å². The fourth-order valence-electron chi connectivity index (χ4n) is 2.05. The molecule has 1 heteroatoms. The summed E-state index contributed by atoms with van der Waals surface area (Å²) in [6.45, 7) is 8.42. The number of carbonyl (C=O) groups is 1. The fraction of sp³-hybridized carbons (Fsp3) is 0.533. The third-order valence-electron chi connectivity index (χ3n) is 3.02. The molecule has 0 fully saturated rings. The van der Waals surface area contributed by atoms with Crippen LogP contribution in [0.5, 0.6) is 0 Å². The van der Waals surface area contributed by atoms with Gasteiger partial charge in [-0.15, -0.1) is 0 Å². The van der Waals surface area contributed by atoms with Gasteiger partial charge in [0.2, 0.25) is 0 Å². The van der Waals surface area contributed by atoms with Gasteiger partial charge in [0.15, 0.2) is 5.78 Å². The molecule has 0 amide bonds. The van der Waals surface area contributed by atoms with Crippen LogP contribution in [0.4, 0.5) is 0 Å². The molecule has 0 aliphatic carbocycles. The summed E-state index contributed by atoms with van der Waals surface area (Å²) in [5.74, 6) is 0.852. The number of Topliss-reactive ketones (excluding diaryl/α,β-unsaturated/α-hetero) is 1. The summed E-state index contributed by atoms with van der Waals surface area (Å²) < 4.78 is 0. The number of benzene rings is 1. The predicted octanol–water partition coefficient (Wildman–Crippen LogP) is 4.43. The highest BCUT2D eigenvalue weighted by molar-refractivity contribution is 5.99. The first-order valence-electron chi connectivity index (χ1n) is 6.21. The Bertz CT molecular complexity index is 352. The molecule has 0 saturated heterocycles. The molecular formula is C15H22O. The highest BCUT2D eigenvalue weighted by atomic mass is 16.1. The van der Waals surface area contributed by atoms with Gasteiger partial charge in [0.05, 0.1) is 0 Å². The minimum atomic E-state index is 0.143. The van der Waals surface area contributed by atoms with Crippen LogP contribution in [0.3, 0.4) is 0 Å². The van der Waals surface area contributed by atoms with Crippen molar-refractivity contribution in [1.82, 2.24) is 0 Å². The van der Waals surface area contributed by atoms with E-state index in [1.807, 2.05) is 25.1 Å². The second-order valence-electron chi connectivity index (χ2n) is 4.80. The van der Waals surface area contributed by atoms with Gasteiger partial charge in [0.25, 0.3) is 0 Å². The third kappa shape index (κ3) is 2.94. The largest absolute Gasteiger partial charge is 0.294 e. The van der Waals surface area contributed by atoms with Crippen LogP contribution in [0.1, 0.15) is 62.4 Å². The minimum Gasteiger partial charge on any atom is -0.294 e. The molecule has 16 heavy (non-hydrogen) atoms. The fourth-order valence-corrected chi connectivity index (χ4v) is 2.05. The Balaban J connectivity index is 2.99. The van der Waals surface area contributed by atoms with Crippen molar-refractivity contribution in [2.45, 2.75) is 46.5 Å². The van der Waals surface area contributed by atoms with Crippen molar-refractivity contribution in [3.8, 4) is 0 Å². The van der Waals surface area contributed by atoms with Crippen LogP contribution in [0, 0.1) is 5.92 Å². The van der Waals surface area contributed by atoms with Crippen molar-refractivity contribution in [2.24, 2.45) is 5.92 Å². The average Bonchev–Trinajstić information content (AvgIpc) is 2.28. The van der Waals surface area contributed by atoms with Crippen molar-refractivity contribution in [3.05, 3.63) is 35.4 Å². The van der Waals surface area contributed by atoms with Crippen LogP contribution < -0.4 is 0 Å². The molecule has 1 aromatic rings. The molecule has 0 spiro atoms. The number of hydrogen-bond donors (Lipinski definition) is 0. The lowest BCUT2D eigenvalue weighted by atomic mass is 9.88. The van der Waals surface area contributed by atoms with Gasteiger partial charge in [-0.3, -0.25) is 4.79 Å². The van der Waals surface area contributed by atoms with E-state index in [0.29, 0.717) is 11.7 Å². The number of rotatable bonds is 5. The monoisotopic (exact) mass is 218 g/mol. The summed E-state index contributed by atoms with van der Waals surface area (Å²) in [6, 6.07) is 7.99. The SMILES string of the molecule is CCCC(C)C(=O)c1ccccc1C(C)C. The number of ketones is 1. The second kappa shape index (κ2) is 5.83. The molecule has 1 aromatic carbocycles. The van der Waals surface area contributed by atoms with E-state index in [1.54, 1.807) is 0 Å². The topological polar surface area (TPSA) is 17.1 Å². The summed E-state index contributed by atoms with van der Waals surface area (Å²) in [6.07, 6.45) is 2.04. The zero-order valence-corrected chi connectivity index (χ0v) is 10.8. The van der Waals surface area contributed by atoms with E-state index in [1.165, 1.54) is 5.56 Å². The van der Waals surface area contributed by atoms with Crippen molar-refractivity contribution in [2.75, 3.05) is 0 Å². The highest BCUT2D eigenvalue weighted by Crippen LogP contribution is 2.23. The Morgan fingerprint density at radius 3 is 2.38 bits per heavy atom. The number of carbonyl (C=O) groups excluding carboxylic acids is 1. The molecule has 1 nitrogen and oxygen atoms in total. The normalized spacial score (nSPS) is 12.8. The summed E-state index contributed by atoms with van der Waals surface area (Å²) >= 11 is 0. The first-order valence-corrected chi connectivity index (χ1v) is 6.21. The van der Waals surface area contributed by atoms with Crippen LogP contribution >= 0.6 is 0 Å². The molecule has 0 aromatic heterocycles. The maximum Gasteiger partial charge on any atom is 0.165 e. The van der Waals surface area contributed by atoms with Crippen LogP contribution in [-0.2, 0) is 0 Å². The zero-order valence-electron chi connectivity index (χ0n) is 10.8. The molecule has 0 aliphatic rings. The summed E-state index contributed by atoms with van der Waals surface area (Å²) in [5.41, 5.74) is 2.09. The van der Waals surface area contributed by atoms with Gasteiger partial charge in [-0.25, -0.2) is 0 Å². The maximum atomic E-state index is 12.3. The lowest BCUT2D eigenvalue weighted by molar-refractivity contribution is 0.0922. The Morgan fingerprint density at radius 1 is 1.19 bits per heavy atom. The van der Waals surface area contributed by atoms with Gasteiger partial charge in [-0.2, -0.15) is 0 Å². The maximum absolute atomic E-state index is 12.3. The van der Waals surface area contributed by atoms with E-state index in [-0.39, 0.29) is 5.92 Å². The van der Waals surface area contributed by atoms with Crippen molar-refractivity contribution < 1.29 is 4.79 Å². The van der Waals surface area contributed by atoms with Gasteiger partial charge in [-0.05, 0) is 17.9 Å². The summed E-state index contributed by atoms with van der Waals surface area (Å²) in [7, 11) is 0. The predicted molar refractivity (Wildman–Crippen MR) is 68.9 cm³/mol. The van der Waals surface area contributed by atoms with Crippen molar-refractivity contribution in [3.63, 3.8) is 0 Å². The summed E-state index contributed by atoms with van der Waals surface area (Å²) in [5, 5.41) is 0. The quantitative estimate of drug-likeness (QED) is 0.668. The van der Waals surface area contributed by atoms with Crippen molar-refractivity contribution in [1.29, 1.82) is 0 Å². The molecule has 0 radical (unpaired) electrons. The van der Waals surface area contributed by atoms with Crippen LogP contribution in [0.25, 0.3) is 0 Å². The van der Waals surface area contributed by atoms with Gasteiger partial charge in [0.1, 0.15) is 0 Å². The molecule has 0 N–H and O–H groups in total. The standard InChI is InChI=1S/C15H22O/c1-5-8-12(4)15(16)14-10-7-6-9-13(14)11(2)3/h6-7,9-12H,5,8H2,1-4H3. The van der Waals surface area contributed by atoms with E-state index in [2.05, 4.69) is 26.8 Å². The molecule has 0 aliphatic heterocycles. The number of hydrogen-bond acceptors (Lipinski definition) is 1. The smallest absolute Gasteiger partial charge is 0.165 e. The van der Waals surface area contributed by atoms with Gasteiger partial charge >= 0.3 is 0 Å². The Hall–Kier alpha value is -1.11. The lowest BCUT2D eigenvalue weighted by Crippen LogP contribution is -2.13. The van der Waals surface area contributed by atoms with Crippen LogP contribution in [0.15, 0.2) is 24.3 Å². The van der Waals surface area contributed by atoms with Crippen LogP contribution in [0.2, 0.25) is 0 Å². The Labute approximate surface area is 98.9 Å². The highest BCUT2D eigenvalue weighted by Gasteiger charge is 2.18. The molecule has 1 unspecified atom stereocenters. The first-order chi connectivity index (χ1) is 7.57. The molecule has 0 bridgehead atoms. The zero-order chi connectivity index (χ0) is 12.1.